The Hall–Kier alpha value is -2.37. The van der Waals surface area contributed by atoms with Gasteiger partial charge >= 0.3 is 5.82 Å². The maximum atomic E-state index is 10.8. The number of hydrogen-bond acceptors (Lipinski definition) is 4. The third-order valence-electron chi connectivity index (χ3n) is 2.74. The first kappa shape index (κ1) is 12.1. The molecule has 6 heteroatoms. The average Bonchev–Trinajstić information content (AvgIpc) is 2.85. The fourth-order valence-corrected chi connectivity index (χ4v) is 1.82. The third kappa shape index (κ3) is 2.48. The number of hydrogen-bond donors (Lipinski definition) is 2. The van der Waals surface area contributed by atoms with E-state index in [-0.39, 0.29) is 11.9 Å². The molecule has 0 spiro atoms. The molecule has 1 atom stereocenters. The summed E-state index contributed by atoms with van der Waals surface area (Å²) in [6.07, 6.45) is 2.26. The zero-order chi connectivity index (χ0) is 13.0. The van der Waals surface area contributed by atoms with Crippen LogP contribution < -0.4 is 5.32 Å². The Kier molecular flexibility index (Phi) is 3.57. The van der Waals surface area contributed by atoms with Crippen LogP contribution >= 0.6 is 0 Å². The van der Waals surface area contributed by atoms with Gasteiger partial charge < -0.3 is 15.4 Å². The zero-order valence-electron chi connectivity index (χ0n) is 9.96. The van der Waals surface area contributed by atoms with Crippen molar-refractivity contribution >= 4 is 11.5 Å². The highest BCUT2D eigenvalue weighted by Crippen LogP contribution is 2.27. The lowest BCUT2D eigenvalue weighted by Gasteiger charge is -2.17. The predicted molar refractivity (Wildman–Crippen MR) is 68.3 cm³/mol. The highest BCUT2D eigenvalue weighted by molar-refractivity contribution is 5.56. The molecule has 0 radical (unpaired) electrons. The van der Waals surface area contributed by atoms with Crippen LogP contribution in [0.4, 0.5) is 11.5 Å². The first-order valence-corrected chi connectivity index (χ1v) is 5.71. The highest BCUT2D eigenvalue weighted by atomic mass is 16.6. The summed E-state index contributed by atoms with van der Waals surface area (Å²) in [6, 6.07) is 9.85. The maximum Gasteiger partial charge on any atom is 0.366 e. The molecule has 6 nitrogen and oxygen atoms in total. The molecule has 2 rings (SSSR count). The summed E-state index contributed by atoms with van der Waals surface area (Å²) in [5.74, 6) is -0.107. The van der Waals surface area contributed by atoms with Crippen LogP contribution in [-0.4, -0.2) is 15.1 Å². The quantitative estimate of drug-likeness (QED) is 0.627. The summed E-state index contributed by atoms with van der Waals surface area (Å²) in [5, 5.41) is 20.0. The first-order chi connectivity index (χ1) is 8.72. The summed E-state index contributed by atoms with van der Waals surface area (Å²) in [7, 11) is 0. The van der Waals surface area contributed by atoms with Crippen molar-refractivity contribution in [2.45, 2.75) is 19.4 Å². The van der Waals surface area contributed by atoms with E-state index in [2.05, 4.69) is 15.5 Å². The Balaban J connectivity index is 2.21. The van der Waals surface area contributed by atoms with Crippen LogP contribution in [0.3, 0.4) is 0 Å². The van der Waals surface area contributed by atoms with E-state index >= 15 is 0 Å². The van der Waals surface area contributed by atoms with Crippen LogP contribution in [0.1, 0.15) is 24.9 Å². The summed E-state index contributed by atoms with van der Waals surface area (Å²) in [6.45, 7) is 2.02. The molecule has 0 amide bonds. The largest absolute Gasteiger partial charge is 0.370 e. The number of nitrogens with one attached hydrogen (secondary N) is 2. The number of H-pyrrole nitrogens is 1. The van der Waals surface area contributed by atoms with Gasteiger partial charge in [-0.05, 0) is 16.9 Å². The Labute approximate surface area is 104 Å². The molecule has 2 N–H and O–H groups in total. The monoisotopic (exact) mass is 246 g/mol. The predicted octanol–water partition coefficient (Wildman–Crippen LogP) is 2.88. The maximum absolute atomic E-state index is 10.8. The van der Waals surface area contributed by atoms with Crippen molar-refractivity contribution in [3.63, 3.8) is 0 Å². The molecule has 0 saturated carbocycles. The smallest absolute Gasteiger partial charge is 0.366 e. The van der Waals surface area contributed by atoms with Crippen molar-refractivity contribution in [2.75, 3.05) is 5.32 Å². The second kappa shape index (κ2) is 5.31. The van der Waals surface area contributed by atoms with E-state index in [1.807, 2.05) is 37.3 Å². The molecular formula is C12H14N4O2. The molecule has 1 aromatic heterocycles. The Morgan fingerprint density at radius 3 is 2.78 bits per heavy atom. The Morgan fingerprint density at radius 1 is 1.44 bits per heavy atom. The van der Waals surface area contributed by atoms with Gasteiger partial charge in [0.1, 0.15) is 6.20 Å². The molecule has 0 bridgehead atoms. The molecule has 0 aliphatic heterocycles. The van der Waals surface area contributed by atoms with Crippen LogP contribution in [-0.2, 0) is 0 Å². The summed E-state index contributed by atoms with van der Waals surface area (Å²) >= 11 is 0. The van der Waals surface area contributed by atoms with Crippen molar-refractivity contribution in [3.05, 3.63) is 52.2 Å². The molecule has 1 unspecified atom stereocenters. The number of rotatable bonds is 5. The number of nitro groups is 1. The second-order valence-corrected chi connectivity index (χ2v) is 3.91. The molecule has 18 heavy (non-hydrogen) atoms. The van der Waals surface area contributed by atoms with Crippen molar-refractivity contribution in [1.29, 1.82) is 0 Å². The molecular weight excluding hydrogens is 232 g/mol. The van der Waals surface area contributed by atoms with E-state index in [1.165, 1.54) is 6.20 Å². The van der Waals surface area contributed by atoms with Crippen molar-refractivity contribution in [3.8, 4) is 0 Å². The summed E-state index contributed by atoms with van der Waals surface area (Å²) in [5.41, 5.74) is 1.51. The number of aromatic nitrogens is 2. The molecule has 0 saturated heterocycles. The minimum Gasteiger partial charge on any atom is -0.370 e. The number of aromatic amines is 1. The highest BCUT2D eigenvalue weighted by Gasteiger charge is 2.18. The van der Waals surface area contributed by atoms with E-state index in [0.717, 1.165) is 12.0 Å². The Bertz CT molecular complexity index is 524. The van der Waals surface area contributed by atoms with E-state index in [1.54, 1.807) is 0 Å². The van der Waals surface area contributed by atoms with Crippen LogP contribution in [0.2, 0.25) is 0 Å². The second-order valence-electron chi connectivity index (χ2n) is 3.91. The van der Waals surface area contributed by atoms with Gasteiger partial charge in [-0.2, -0.15) is 0 Å². The molecule has 0 aliphatic carbocycles. The van der Waals surface area contributed by atoms with E-state index in [0.29, 0.717) is 5.69 Å². The molecule has 1 heterocycles. The van der Waals surface area contributed by atoms with E-state index < -0.39 is 4.92 Å². The van der Waals surface area contributed by atoms with Gasteiger partial charge in [0.05, 0.1) is 6.04 Å². The Morgan fingerprint density at radius 2 is 2.17 bits per heavy atom. The van der Waals surface area contributed by atoms with Crippen molar-refractivity contribution < 1.29 is 4.92 Å². The SMILES string of the molecule is CCC(Nc1cn[nH]c1[N+](=O)[O-])c1ccccc1. The normalized spacial score (nSPS) is 12.1. The van der Waals surface area contributed by atoms with Gasteiger partial charge in [0, 0.05) is 0 Å². The zero-order valence-corrected chi connectivity index (χ0v) is 9.96. The van der Waals surface area contributed by atoms with Gasteiger partial charge in [0.15, 0.2) is 5.69 Å². The number of nitrogens with zero attached hydrogens (tertiary/aromatic N) is 2. The van der Waals surface area contributed by atoms with Gasteiger partial charge in [-0.15, -0.1) is 5.10 Å². The van der Waals surface area contributed by atoms with E-state index in [4.69, 9.17) is 0 Å². The van der Waals surface area contributed by atoms with Crippen LogP contribution in [0.15, 0.2) is 36.5 Å². The van der Waals surface area contributed by atoms with E-state index in [9.17, 15) is 10.1 Å². The fraction of sp³-hybridized carbons (Fsp3) is 0.250. The van der Waals surface area contributed by atoms with Crippen molar-refractivity contribution in [2.24, 2.45) is 0 Å². The lowest BCUT2D eigenvalue weighted by atomic mass is 10.0. The average molecular weight is 246 g/mol. The third-order valence-corrected chi connectivity index (χ3v) is 2.74. The van der Waals surface area contributed by atoms with Crippen molar-refractivity contribution in [1.82, 2.24) is 10.2 Å². The number of anilines is 1. The molecule has 0 fully saturated rings. The molecule has 94 valence electrons. The minimum atomic E-state index is -0.479. The number of benzene rings is 1. The lowest BCUT2D eigenvalue weighted by Crippen LogP contribution is -2.10. The van der Waals surface area contributed by atoms with Gasteiger partial charge in [-0.3, -0.25) is 0 Å². The van der Waals surface area contributed by atoms with Crippen LogP contribution in [0, 0.1) is 10.1 Å². The topological polar surface area (TPSA) is 83.8 Å². The minimum absolute atomic E-state index is 0.0301. The van der Waals surface area contributed by atoms with Crippen LogP contribution in [0.5, 0.6) is 0 Å². The first-order valence-electron chi connectivity index (χ1n) is 5.71. The lowest BCUT2D eigenvalue weighted by molar-refractivity contribution is -0.388. The summed E-state index contributed by atoms with van der Waals surface area (Å²) < 4.78 is 0. The van der Waals surface area contributed by atoms with Gasteiger partial charge in [0.2, 0.25) is 0 Å². The standard InChI is InChI=1S/C12H14N4O2/c1-2-10(9-6-4-3-5-7-9)14-11-8-13-15-12(11)16(17)18/h3-8,10,14H,2H2,1H3,(H,13,15). The van der Waals surface area contributed by atoms with Gasteiger partial charge in [0.25, 0.3) is 0 Å². The fourth-order valence-electron chi connectivity index (χ4n) is 1.82. The molecule has 0 aliphatic rings. The summed E-state index contributed by atoms with van der Waals surface area (Å²) in [4.78, 5) is 10.3. The van der Waals surface area contributed by atoms with Gasteiger partial charge in [-0.1, -0.05) is 42.4 Å². The van der Waals surface area contributed by atoms with Gasteiger partial charge in [-0.25, -0.2) is 0 Å². The molecule has 1 aromatic carbocycles. The van der Waals surface area contributed by atoms with Crippen LogP contribution in [0.25, 0.3) is 0 Å². The molecule has 2 aromatic rings.